The summed E-state index contributed by atoms with van der Waals surface area (Å²) in [6.07, 6.45) is 1.81. The summed E-state index contributed by atoms with van der Waals surface area (Å²) in [5, 5.41) is 9.42. The molecule has 0 aromatic heterocycles. The van der Waals surface area contributed by atoms with Gasteiger partial charge in [0.1, 0.15) is 5.75 Å². The van der Waals surface area contributed by atoms with Gasteiger partial charge in [-0.3, -0.25) is 0 Å². The zero-order valence-corrected chi connectivity index (χ0v) is 11.5. The van der Waals surface area contributed by atoms with Crippen LogP contribution in [0.1, 0.15) is 11.1 Å². The molecule has 0 saturated heterocycles. The highest BCUT2D eigenvalue weighted by Crippen LogP contribution is 2.34. The third-order valence-corrected chi connectivity index (χ3v) is 3.23. The van der Waals surface area contributed by atoms with Crippen molar-refractivity contribution in [2.75, 3.05) is 13.9 Å². The van der Waals surface area contributed by atoms with Gasteiger partial charge in [-0.2, -0.15) is 5.26 Å². The van der Waals surface area contributed by atoms with Crippen LogP contribution in [0.15, 0.2) is 42.5 Å². The molecule has 0 amide bonds. The van der Waals surface area contributed by atoms with Gasteiger partial charge in [-0.1, -0.05) is 18.2 Å². The normalized spacial score (nSPS) is 12.9. The molecule has 0 N–H and O–H groups in total. The fourth-order valence-electron chi connectivity index (χ4n) is 2.21. The number of nitrogens with zero attached hydrogens (tertiary/aromatic N) is 1. The van der Waals surface area contributed by atoms with Gasteiger partial charge in [-0.15, -0.1) is 0 Å². The number of rotatable bonds is 3. The third kappa shape index (κ3) is 2.54. The fraction of sp³-hybridized carbons (Fsp3) is 0.118. The van der Waals surface area contributed by atoms with Crippen LogP contribution in [-0.2, 0) is 0 Å². The monoisotopic (exact) mass is 279 g/mol. The van der Waals surface area contributed by atoms with Crippen molar-refractivity contribution in [3.05, 3.63) is 53.6 Å². The minimum absolute atomic E-state index is 0.236. The van der Waals surface area contributed by atoms with Crippen molar-refractivity contribution in [1.82, 2.24) is 0 Å². The van der Waals surface area contributed by atoms with Gasteiger partial charge in [0.05, 0.1) is 18.8 Å². The highest BCUT2D eigenvalue weighted by molar-refractivity contribution is 5.91. The summed E-state index contributed by atoms with van der Waals surface area (Å²) >= 11 is 0. The fourth-order valence-corrected chi connectivity index (χ4v) is 2.21. The molecule has 0 spiro atoms. The third-order valence-electron chi connectivity index (χ3n) is 3.23. The lowest BCUT2D eigenvalue weighted by atomic mass is 10.0. The molecule has 1 aliphatic rings. The molecule has 2 aromatic carbocycles. The Morgan fingerprint density at radius 1 is 1.19 bits per heavy atom. The van der Waals surface area contributed by atoms with E-state index in [0.717, 1.165) is 16.9 Å². The van der Waals surface area contributed by atoms with E-state index in [-0.39, 0.29) is 6.79 Å². The van der Waals surface area contributed by atoms with Crippen LogP contribution < -0.4 is 14.2 Å². The molecule has 1 heterocycles. The van der Waals surface area contributed by atoms with Gasteiger partial charge in [-0.05, 0) is 35.9 Å². The first-order valence-corrected chi connectivity index (χ1v) is 6.46. The Bertz CT molecular complexity index is 744. The van der Waals surface area contributed by atoms with Gasteiger partial charge in [-0.25, -0.2) is 0 Å². The lowest BCUT2D eigenvalue weighted by molar-refractivity contribution is 0.174. The van der Waals surface area contributed by atoms with Crippen LogP contribution in [0, 0.1) is 11.3 Å². The van der Waals surface area contributed by atoms with Gasteiger partial charge in [0.2, 0.25) is 6.79 Å². The molecule has 0 atom stereocenters. The van der Waals surface area contributed by atoms with Crippen molar-refractivity contribution in [3.8, 4) is 23.3 Å². The van der Waals surface area contributed by atoms with Crippen molar-refractivity contribution < 1.29 is 14.2 Å². The van der Waals surface area contributed by atoms with Crippen molar-refractivity contribution in [3.63, 3.8) is 0 Å². The minimum atomic E-state index is 0.236. The van der Waals surface area contributed by atoms with Crippen molar-refractivity contribution >= 4 is 11.6 Å². The van der Waals surface area contributed by atoms with Gasteiger partial charge in [0, 0.05) is 5.56 Å². The molecule has 3 rings (SSSR count). The molecule has 0 radical (unpaired) electrons. The molecular weight excluding hydrogens is 266 g/mol. The maximum Gasteiger partial charge on any atom is 0.231 e. The SMILES string of the molecule is COc1ccccc1C(C#N)=Cc1ccc2c(c1)OCO2. The van der Waals surface area contributed by atoms with Gasteiger partial charge >= 0.3 is 0 Å². The summed E-state index contributed by atoms with van der Waals surface area (Å²) in [5.74, 6) is 2.09. The molecule has 104 valence electrons. The van der Waals surface area contributed by atoms with Gasteiger partial charge in [0.25, 0.3) is 0 Å². The summed E-state index contributed by atoms with van der Waals surface area (Å²) in [5.41, 5.74) is 2.17. The predicted molar refractivity (Wildman–Crippen MR) is 79.0 cm³/mol. The van der Waals surface area contributed by atoms with E-state index in [0.29, 0.717) is 17.1 Å². The topological polar surface area (TPSA) is 51.5 Å². The smallest absolute Gasteiger partial charge is 0.231 e. The second kappa shape index (κ2) is 5.59. The van der Waals surface area contributed by atoms with Crippen LogP contribution in [0.4, 0.5) is 0 Å². The van der Waals surface area contributed by atoms with E-state index >= 15 is 0 Å². The Kier molecular flexibility index (Phi) is 3.48. The minimum Gasteiger partial charge on any atom is -0.496 e. The van der Waals surface area contributed by atoms with Crippen LogP contribution in [0.5, 0.6) is 17.2 Å². The Labute approximate surface area is 122 Å². The number of fused-ring (bicyclic) bond motifs is 1. The second-order valence-corrected chi connectivity index (χ2v) is 4.48. The van der Waals surface area contributed by atoms with Gasteiger partial charge < -0.3 is 14.2 Å². The van der Waals surface area contributed by atoms with Crippen molar-refractivity contribution in [1.29, 1.82) is 5.26 Å². The summed E-state index contributed by atoms with van der Waals surface area (Å²) in [6, 6.07) is 15.2. The maximum atomic E-state index is 9.42. The first kappa shape index (κ1) is 13.1. The average molecular weight is 279 g/mol. The van der Waals surface area contributed by atoms with E-state index in [1.165, 1.54) is 0 Å². The second-order valence-electron chi connectivity index (χ2n) is 4.48. The summed E-state index contributed by atoms with van der Waals surface area (Å²) < 4.78 is 15.9. The van der Waals surface area contributed by atoms with Crippen molar-refractivity contribution in [2.24, 2.45) is 0 Å². The van der Waals surface area contributed by atoms with Crippen molar-refractivity contribution in [2.45, 2.75) is 0 Å². The number of hydrogen-bond donors (Lipinski definition) is 0. The summed E-state index contributed by atoms with van der Waals surface area (Å²) in [6.45, 7) is 0.236. The van der Waals surface area contributed by atoms with E-state index in [9.17, 15) is 5.26 Å². The molecule has 4 nitrogen and oxygen atoms in total. The molecule has 0 unspecified atom stereocenters. The number of ether oxygens (including phenoxy) is 3. The highest BCUT2D eigenvalue weighted by atomic mass is 16.7. The lowest BCUT2D eigenvalue weighted by Crippen LogP contribution is -1.92. The lowest BCUT2D eigenvalue weighted by Gasteiger charge is -2.07. The van der Waals surface area contributed by atoms with E-state index in [1.807, 2.05) is 42.5 Å². The number of para-hydroxylation sites is 1. The van der Waals surface area contributed by atoms with E-state index < -0.39 is 0 Å². The first-order valence-electron chi connectivity index (χ1n) is 6.46. The molecule has 2 aromatic rings. The van der Waals surface area contributed by atoms with E-state index in [4.69, 9.17) is 14.2 Å². The van der Waals surface area contributed by atoms with Crippen LogP contribution >= 0.6 is 0 Å². The van der Waals surface area contributed by atoms with E-state index in [2.05, 4.69) is 6.07 Å². The zero-order chi connectivity index (χ0) is 14.7. The quantitative estimate of drug-likeness (QED) is 0.637. The molecule has 0 aliphatic carbocycles. The number of hydrogen-bond acceptors (Lipinski definition) is 4. The van der Waals surface area contributed by atoms with Crippen LogP contribution in [0.3, 0.4) is 0 Å². The molecule has 0 saturated carbocycles. The Hall–Kier alpha value is -2.93. The number of nitriles is 1. The maximum absolute atomic E-state index is 9.42. The Morgan fingerprint density at radius 2 is 2.00 bits per heavy atom. The number of allylic oxidation sites excluding steroid dienone is 1. The number of methoxy groups -OCH3 is 1. The van der Waals surface area contributed by atoms with Crippen LogP contribution in [-0.4, -0.2) is 13.9 Å². The molecule has 1 aliphatic heterocycles. The molecule has 0 bridgehead atoms. The summed E-state index contributed by atoms with van der Waals surface area (Å²) in [7, 11) is 1.59. The highest BCUT2D eigenvalue weighted by Gasteiger charge is 2.13. The molecular formula is C17H13NO3. The molecule has 4 heteroatoms. The average Bonchev–Trinajstić information content (AvgIpc) is 3.00. The predicted octanol–water partition coefficient (Wildman–Crippen LogP) is 3.49. The number of benzene rings is 2. The molecule has 0 fully saturated rings. The van der Waals surface area contributed by atoms with E-state index in [1.54, 1.807) is 13.2 Å². The zero-order valence-electron chi connectivity index (χ0n) is 11.5. The van der Waals surface area contributed by atoms with Crippen LogP contribution in [0.2, 0.25) is 0 Å². The van der Waals surface area contributed by atoms with Crippen LogP contribution in [0.25, 0.3) is 11.6 Å². The Balaban J connectivity index is 2.02. The Morgan fingerprint density at radius 3 is 2.81 bits per heavy atom. The first-order chi connectivity index (χ1) is 10.3. The van der Waals surface area contributed by atoms with Gasteiger partial charge in [0.15, 0.2) is 11.5 Å². The molecule has 21 heavy (non-hydrogen) atoms. The summed E-state index contributed by atoms with van der Waals surface area (Å²) in [4.78, 5) is 0. The standard InChI is InChI=1S/C17H13NO3/c1-19-15-5-3-2-4-14(15)13(10-18)8-12-6-7-16-17(9-12)21-11-20-16/h2-9H,11H2,1H3. The largest absolute Gasteiger partial charge is 0.496 e.